The van der Waals surface area contributed by atoms with Gasteiger partial charge in [0.15, 0.2) is 6.10 Å². The van der Waals surface area contributed by atoms with Crippen molar-refractivity contribution in [3.05, 3.63) is 48.5 Å². The van der Waals surface area contributed by atoms with E-state index in [2.05, 4.69) is 10.0 Å². The lowest BCUT2D eigenvalue weighted by Gasteiger charge is -2.25. The first-order valence-electron chi connectivity index (χ1n) is 7.70. The second-order valence-corrected chi connectivity index (χ2v) is 7.22. The molecule has 2 aromatic rings. The number of para-hydroxylation sites is 2. The minimum absolute atomic E-state index is 0.0780. The van der Waals surface area contributed by atoms with E-state index in [1.165, 1.54) is 19.2 Å². The number of anilines is 1. The molecular weight excluding hydrogens is 344 g/mol. The molecule has 3 rings (SSSR count). The van der Waals surface area contributed by atoms with Crippen LogP contribution in [0, 0.1) is 0 Å². The van der Waals surface area contributed by atoms with Gasteiger partial charge in [-0.15, -0.1) is 0 Å². The van der Waals surface area contributed by atoms with E-state index in [1.54, 1.807) is 36.4 Å². The van der Waals surface area contributed by atoms with Crippen LogP contribution in [0.5, 0.6) is 11.5 Å². The van der Waals surface area contributed by atoms with E-state index in [0.717, 1.165) is 0 Å². The number of benzene rings is 2. The number of hydrogen-bond donors (Lipinski definition) is 2. The van der Waals surface area contributed by atoms with Crippen LogP contribution in [0.2, 0.25) is 0 Å². The van der Waals surface area contributed by atoms with Crippen molar-refractivity contribution in [3.63, 3.8) is 0 Å². The van der Waals surface area contributed by atoms with Crippen molar-refractivity contribution >= 4 is 21.6 Å². The normalized spacial score (nSPS) is 16.5. The van der Waals surface area contributed by atoms with Crippen molar-refractivity contribution in [2.24, 2.45) is 0 Å². The molecule has 0 aliphatic carbocycles. The molecule has 2 N–H and O–H groups in total. The van der Waals surface area contributed by atoms with Crippen LogP contribution >= 0.6 is 0 Å². The number of nitrogens with one attached hydrogen (secondary N) is 2. The van der Waals surface area contributed by atoms with Crippen LogP contribution < -0.4 is 19.5 Å². The Morgan fingerprint density at radius 3 is 2.60 bits per heavy atom. The zero-order valence-electron chi connectivity index (χ0n) is 13.6. The molecule has 1 atom stereocenters. The Hall–Kier alpha value is -2.58. The second kappa shape index (κ2) is 7.12. The van der Waals surface area contributed by atoms with Gasteiger partial charge in [-0.3, -0.25) is 4.79 Å². The first-order valence-corrected chi connectivity index (χ1v) is 9.18. The van der Waals surface area contributed by atoms with Gasteiger partial charge in [0.2, 0.25) is 10.0 Å². The molecule has 1 amide bonds. The summed E-state index contributed by atoms with van der Waals surface area (Å²) in [5, 5.41) is 2.75. The maximum atomic E-state index is 12.3. The van der Waals surface area contributed by atoms with E-state index < -0.39 is 16.1 Å². The number of fused-ring (bicyclic) bond motifs is 1. The van der Waals surface area contributed by atoms with Gasteiger partial charge in [-0.2, -0.15) is 0 Å². The molecule has 0 aromatic heterocycles. The van der Waals surface area contributed by atoms with E-state index in [9.17, 15) is 13.2 Å². The summed E-state index contributed by atoms with van der Waals surface area (Å²) in [4.78, 5) is 12.2. The molecule has 132 valence electrons. The summed E-state index contributed by atoms with van der Waals surface area (Å²) in [6, 6.07) is 13.2. The number of carbonyl (C=O) groups excluding carboxylic acids is 1. The standard InChI is InChI=1S/C17H18N2O5S/c1-23-12-6-8-13(9-7-12)25(21,22)18-11-10-16-17(20)19-14-4-2-3-5-15(14)24-16/h2-9,16,18H,10-11H2,1H3,(H,19,20). The first-order chi connectivity index (χ1) is 12.0. The van der Waals surface area contributed by atoms with E-state index in [0.29, 0.717) is 17.2 Å². The molecule has 1 unspecified atom stereocenters. The molecular formula is C17H18N2O5S. The summed E-state index contributed by atoms with van der Waals surface area (Å²) in [5.41, 5.74) is 0.613. The summed E-state index contributed by atoms with van der Waals surface area (Å²) in [6.07, 6.45) is -0.524. The summed E-state index contributed by atoms with van der Waals surface area (Å²) in [6.45, 7) is 0.0780. The summed E-state index contributed by atoms with van der Waals surface area (Å²) in [5.74, 6) is 0.859. The number of carbonyl (C=O) groups is 1. The van der Waals surface area contributed by atoms with Gasteiger partial charge in [-0.1, -0.05) is 12.1 Å². The average molecular weight is 362 g/mol. The van der Waals surface area contributed by atoms with Crippen LogP contribution in [0.1, 0.15) is 6.42 Å². The summed E-state index contributed by atoms with van der Waals surface area (Å²) < 4.78 is 37.6. The van der Waals surface area contributed by atoms with Gasteiger partial charge < -0.3 is 14.8 Å². The van der Waals surface area contributed by atoms with E-state index >= 15 is 0 Å². The lowest BCUT2D eigenvalue weighted by Crippen LogP contribution is -2.39. The topological polar surface area (TPSA) is 93.7 Å². The number of rotatable bonds is 6. The van der Waals surface area contributed by atoms with Crippen LogP contribution in [0.25, 0.3) is 0 Å². The Balaban J connectivity index is 1.59. The monoisotopic (exact) mass is 362 g/mol. The number of hydrogen-bond acceptors (Lipinski definition) is 5. The van der Waals surface area contributed by atoms with Gasteiger partial charge in [0.1, 0.15) is 11.5 Å². The highest BCUT2D eigenvalue weighted by atomic mass is 32.2. The van der Waals surface area contributed by atoms with Crippen molar-refractivity contribution in [1.82, 2.24) is 4.72 Å². The van der Waals surface area contributed by atoms with Crippen molar-refractivity contribution in [2.45, 2.75) is 17.4 Å². The number of sulfonamides is 1. The van der Waals surface area contributed by atoms with Crippen LogP contribution in [-0.4, -0.2) is 34.1 Å². The van der Waals surface area contributed by atoms with Crippen LogP contribution in [0.3, 0.4) is 0 Å². The largest absolute Gasteiger partial charge is 0.497 e. The van der Waals surface area contributed by atoms with Crippen molar-refractivity contribution in [3.8, 4) is 11.5 Å². The minimum atomic E-state index is -3.66. The fraction of sp³-hybridized carbons (Fsp3) is 0.235. The van der Waals surface area contributed by atoms with Crippen LogP contribution in [0.4, 0.5) is 5.69 Å². The predicted octanol–water partition coefficient (Wildman–Crippen LogP) is 1.76. The summed E-state index contributed by atoms with van der Waals surface area (Å²) in [7, 11) is -2.15. The number of ether oxygens (including phenoxy) is 2. The number of methoxy groups -OCH3 is 1. The van der Waals surface area contributed by atoms with E-state index in [4.69, 9.17) is 9.47 Å². The highest BCUT2D eigenvalue weighted by molar-refractivity contribution is 7.89. The molecule has 2 aromatic carbocycles. The van der Waals surface area contributed by atoms with Gasteiger partial charge in [-0.25, -0.2) is 13.1 Å². The van der Waals surface area contributed by atoms with Gasteiger partial charge in [0.25, 0.3) is 5.91 Å². The Labute approximate surface area is 146 Å². The highest BCUT2D eigenvalue weighted by Gasteiger charge is 2.27. The first kappa shape index (κ1) is 17.2. The third-order valence-electron chi connectivity index (χ3n) is 3.77. The molecule has 8 heteroatoms. The predicted molar refractivity (Wildman–Crippen MR) is 92.3 cm³/mol. The smallest absolute Gasteiger partial charge is 0.265 e. The molecule has 7 nitrogen and oxygen atoms in total. The minimum Gasteiger partial charge on any atom is -0.497 e. The Morgan fingerprint density at radius 2 is 1.88 bits per heavy atom. The van der Waals surface area contributed by atoms with Gasteiger partial charge in [0, 0.05) is 13.0 Å². The maximum absolute atomic E-state index is 12.3. The van der Waals surface area contributed by atoms with Crippen LogP contribution in [0.15, 0.2) is 53.4 Å². The highest BCUT2D eigenvalue weighted by Crippen LogP contribution is 2.29. The second-order valence-electron chi connectivity index (χ2n) is 5.45. The van der Waals surface area contributed by atoms with E-state index in [-0.39, 0.29) is 23.8 Å². The Kier molecular flexibility index (Phi) is 4.91. The Morgan fingerprint density at radius 1 is 1.16 bits per heavy atom. The van der Waals surface area contributed by atoms with Gasteiger partial charge in [-0.05, 0) is 36.4 Å². The third-order valence-corrected chi connectivity index (χ3v) is 5.25. The maximum Gasteiger partial charge on any atom is 0.265 e. The molecule has 0 bridgehead atoms. The molecule has 0 saturated carbocycles. The zero-order chi connectivity index (χ0) is 17.9. The fourth-order valence-corrected chi connectivity index (χ4v) is 3.49. The van der Waals surface area contributed by atoms with Gasteiger partial charge in [0.05, 0.1) is 17.7 Å². The SMILES string of the molecule is COc1ccc(S(=O)(=O)NCCC2Oc3ccccc3NC2=O)cc1. The quantitative estimate of drug-likeness (QED) is 0.817. The molecule has 1 aliphatic heterocycles. The molecule has 1 aliphatic rings. The molecule has 0 radical (unpaired) electrons. The molecule has 0 spiro atoms. The summed E-state index contributed by atoms with van der Waals surface area (Å²) >= 11 is 0. The average Bonchev–Trinajstić information content (AvgIpc) is 2.62. The Bertz CT molecular complexity index is 865. The van der Waals surface area contributed by atoms with Gasteiger partial charge >= 0.3 is 0 Å². The fourth-order valence-electron chi connectivity index (χ4n) is 2.45. The van der Waals surface area contributed by atoms with Crippen molar-refractivity contribution in [2.75, 3.05) is 19.0 Å². The molecule has 25 heavy (non-hydrogen) atoms. The lowest BCUT2D eigenvalue weighted by atomic mass is 10.2. The van der Waals surface area contributed by atoms with Crippen molar-refractivity contribution in [1.29, 1.82) is 0 Å². The molecule has 0 fully saturated rings. The van der Waals surface area contributed by atoms with E-state index in [1.807, 2.05) is 0 Å². The van der Waals surface area contributed by atoms with Crippen LogP contribution in [-0.2, 0) is 14.8 Å². The number of amides is 1. The van der Waals surface area contributed by atoms with Crippen molar-refractivity contribution < 1.29 is 22.7 Å². The molecule has 0 saturated heterocycles. The molecule has 1 heterocycles. The lowest BCUT2D eigenvalue weighted by molar-refractivity contribution is -0.123. The third kappa shape index (κ3) is 3.92. The zero-order valence-corrected chi connectivity index (χ0v) is 14.4.